The second-order valence-corrected chi connectivity index (χ2v) is 6.92. The van der Waals surface area contributed by atoms with E-state index in [1.807, 2.05) is 0 Å². The normalized spacial score (nSPS) is 17.1. The third kappa shape index (κ3) is 4.02. The van der Waals surface area contributed by atoms with Crippen LogP contribution >= 0.6 is 46.3 Å². The number of hydrogen-bond donors (Lipinski definition) is 0. The number of rotatable bonds is 2. The molecule has 0 N–H and O–H groups in total. The number of thioether (sulfide) groups is 1. The molecule has 0 aliphatic heterocycles. The van der Waals surface area contributed by atoms with Gasteiger partial charge in [-0.15, -0.1) is 0 Å². The molecule has 0 aromatic carbocycles. The van der Waals surface area contributed by atoms with E-state index in [0.29, 0.717) is 8.68 Å². The van der Waals surface area contributed by atoms with E-state index in [0.717, 1.165) is 37.4 Å². The second-order valence-electron chi connectivity index (χ2n) is 3.77. The molecule has 0 saturated heterocycles. The maximum absolute atomic E-state index is 11.6. The lowest BCUT2D eigenvalue weighted by Crippen LogP contribution is -2.18. The molecule has 1 heterocycles. The number of ether oxygens (including phenoxy) is 1. The Labute approximate surface area is 118 Å². The first-order valence-corrected chi connectivity index (χ1v) is 7.74. The zero-order chi connectivity index (χ0) is 12.3. The lowest BCUT2D eigenvalue weighted by Gasteiger charge is -2.21. The van der Waals surface area contributed by atoms with Crippen molar-refractivity contribution >= 4 is 51.6 Å². The highest BCUT2D eigenvalue weighted by molar-refractivity contribution is 8.14. The number of aromatic nitrogens is 1. The van der Waals surface area contributed by atoms with Crippen LogP contribution in [0.15, 0.2) is 4.34 Å². The predicted molar refractivity (Wildman–Crippen MR) is 71.3 cm³/mol. The van der Waals surface area contributed by atoms with Gasteiger partial charge in [0.1, 0.15) is 10.4 Å². The summed E-state index contributed by atoms with van der Waals surface area (Å²) in [7, 11) is 0. The number of halogens is 2. The Hall–Kier alpha value is 0.0300. The Morgan fingerprint density at radius 1 is 1.35 bits per heavy atom. The van der Waals surface area contributed by atoms with Gasteiger partial charge in [-0.25, -0.2) is 9.78 Å². The summed E-state index contributed by atoms with van der Waals surface area (Å²) in [5.74, 6) is 0. The molecule has 7 heteroatoms. The molecule has 2 rings (SSSR count). The Morgan fingerprint density at radius 3 is 2.65 bits per heavy atom. The Bertz CT molecular complexity index is 386. The standard InChI is InChI=1S/C10H11Cl2NO2S2/c11-7-8(12)16-9(13-7)17-10(14)15-6-4-2-1-3-5-6/h6H,1-5H2. The summed E-state index contributed by atoms with van der Waals surface area (Å²) in [6.45, 7) is 0. The summed E-state index contributed by atoms with van der Waals surface area (Å²) in [5, 5.41) is -0.0800. The Kier molecular flexibility index (Phi) is 4.97. The molecule has 0 radical (unpaired) electrons. The van der Waals surface area contributed by atoms with Gasteiger partial charge in [-0.2, -0.15) is 0 Å². The maximum atomic E-state index is 11.6. The van der Waals surface area contributed by atoms with Crippen molar-refractivity contribution in [3.05, 3.63) is 9.49 Å². The molecule has 0 atom stereocenters. The fourth-order valence-corrected chi connectivity index (χ4v) is 3.93. The molecule has 1 aromatic heterocycles. The quantitative estimate of drug-likeness (QED) is 0.568. The average molecular weight is 312 g/mol. The molecule has 3 nitrogen and oxygen atoms in total. The van der Waals surface area contributed by atoms with E-state index < -0.39 is 0 Å². The van der Waals surface area contributed by atoms with E-state index >= 15 is 0 Å². The predicted octanol–water partition coefficient (Wildman–Crippen LogP) is 5.01. The monoisotopic (exact) mass is 311 g/mol. The number of carbonyl (C=O) groups excluding carboxylic acids is 1. The summed E-state index contributed by atoms with van der Waals surface area (Å²) in [6.07, 6.45) is 5.50. The van der Waals surface area contributed by atoms with Gasteiger partial charge in [0.05, 0.1) is 0 Å². The summed E-state index contributed by atoms with van der Waals surface area (Å²) in [6, 6.07) is 0. The molecule has 1 aliphatic carbocycles. The molecule has 1 aliphatic rings. The van der Waals surface area contributed by atoms with Crippen LogP contribution < -0.4 is 0 Å². The maximum Gasteiger partial charge on any atom is 0.374 e. The molecule has 1 saturated carbocycles. The number of nitrogens with zero attached hydrogens (tertiary/aromatic N) is 1. The van der Waals surface area contributed by atoms with Crippen LogP contribution in [-0.4, -0.2) is 16.4 Å². The molecule has 0 spiro atoms. The number of thiazole rings is 1. The Morgan fingerprint density at radius 2 is 2.06 bits per heavy atom. The minimum absolute atomic E-state index is 0.0645. The topological polar surface area (TPSA) is 39.2 Å². The van der Waals surface area contributed by atoms with E-state index in [1.165, 1.54) is 17.8 Å². The summed E-state index contributed by atoms with van der Waals surface area (Å²) in [4.78, 5) is 15.6. The first-order valence-electron chi connectivity index (χ1n) is 5.35. The van der Waals surface area contributed by atoms with E-state index in [-0.39, 0.29) is 16.6 Å². The summed E-state index contributed by atoms with van der Waals surface area (Å²) < 4.78 is 6.28. The minimum Gasteiger partial charge on any atom is -0.454 e. The lowest BCUT2D eigenvalue weighted by molar-refractivity contribution is 0.0967. The third-order valence-corrected chi connectivity index (χ3v) is 5.07. The molecule has 17 heavy (non-hydrogen) atoms. The van der Waals surface area contributed by atoms with Gasteiger partial charge < -0.3 is 4.74 Å². The fourth-order valence-electron chi connectivity index (χ4n) is 1.72. The van der Waals surface area contributed by atoms with Crippen molar-refractivity contribution in [1.29, 1.82) is 0 Å². The van der Waals surface area contributed by atoms with Gasteiger partial charge in [0.15, 0.2) is 9.49 Å². The van der Waals surface area contributed by atoms with E-state index in [2.05, 4.69) is 4.98 Å². The number of hydrogen-bond acceptors (Lipinski definition) is 5. The van der Waals surface area contributed by atoms with Crippen molar-refractivity contribution in [3.63, 3.8) is 0 Å². The third-order valence-electron chi connectivity index (χ3n) is 2.51. The lowest BCUT2D eigenvalue weighted by atomic mass is 9.98. The van der Waals surface area contributed by atoms with Crippen molar-refractivity contribution in [2.45, 2.75) is 42.5 Å². The van der Waals surface area contributed by atoms with Crippen molar-refractivity contribution in [1.82, 2.24) is 4.98 Å². The highest BCUT2D eigenvalue weighted by Crippen LogP contribution is 2.35. The highest BCUT2D eigenvalue weighted by Gasteiger charge is 2.20. The smallest absolute Gasteiger partial charge is 0.374 e. The van der Waals surface area contributed by atoms with Crippen molar-refractivity contribution in [3.8, 4) is 0 Å². The zero-order valence-corrected chi connectivity index (χ0v) is 12.1. The first kappa shape index (κ1) is 13.5. The Balaban J connectivity index is 1.84. The van der Waals surface area contributed by atoms with Crippen LogP contribution in [0.25, 0.3) is 0 Å². The SMILES string of the molecule is O=C(OC1CCCCC1)Sc1nc(Cl)c(Cl)s1. The van der Waals surface area contributed by atoms with Crippen LogP contribution in [-0.2, 0) is 4.74 Å². The summed E-state index contributed by atoms with van der Waals surface area (Å²) in [5.41, 5.74) is 0. The molecular formula is C10H11Cl2NO2S2. The van der Waals surface area contributed by atoms with Gasteiger partial charge in [-0.1, -0.05) is 41.0 Å². The molecule has 1 fully saturated rings. The highest BCUT2D eigenvalue weighted by atomic mass is 35.5. The van der Waals surface area contributed by atoms with Crippen molar-refractivity contribution < 1.29 is 9.53 Å². The molecule has 0 amide bonds. The largest absolute Gasteiger partial charge is 0.454 e. The first-order chi connectivity index (χ1) is 8.15. The molecule has 0 unspecified atom stereocenters. The molecule has 0 bridgehead atoms. The number of carbonyl (C=O) groups is 1. The molecule has 1 aromatic rings. The molecule has 94 valence electrons. The van der Waals surface area contributed by atoms with Gasteiger partial charge in [0.2, 0.25) is 0 Å². The van der Waals surface area contributed by atoms with Crippen molar-refractivity contribution in [2.75, 3.05) is 0 Å². The van der Waals surface area contributed by atoms with Gasteiger partial charge in [0, 0.05) is 11.8 Å². The average Bonchev–Trinajstić information content (AvgIpc) is 2.59. The van der Waals surface area contributed by atoms with Gasteiger partial charge in [-0.05, 0) is 25.7 Å². The van der Waals surface area contributed by atoms with Crippen LogP contribution in [0.4, 0.5) is 4.79 Å². The van der Waals surface area contributed by atoms with Crippen LogP contribution in [0.1, 0.15) is 32.1 Å². The van der Waals surface area contributed by atoms with Gasteiger partial charge in [-0.3, -0.25) is 0 Å². The molecular weight excluding hydrogens is 301 g/mol. The zero-order valence-electron chi connectivity index (χ0n) is 8.95. The van der Waals surface area contributed by atoms with Gasteiger partial charge >= 0.3 is 5.30 Å². The van der Waals surface area contributed by atoms with Crippen LogP contribution in [0, 0.1) is 0 Å². The van der Waals surface area contributed by atoms with E-state index in [4.69, 9.17) is 27.9 Å². The van der Waals surface area contributed by atoms with Crippen LogP contribution in [0.2, 0.25) is 9.49 Å². The van der Waals surface area contributed by atoms with Crippen LogP contribution in [0.3, 0.4) is 0 Å². The fraction of sp³-hybridized carbons (Fsp3) is 0.600. The van der Waals surface area contributed by atoms with E-state index in [1.54, 1.807) is 0 Å². The van der Waals surface area contributed by atoms with E-state index in [9.17, 15) is 4.79 Å². The van der Waals surface area contributed by atoms with Crippen molar-refractivity contribution in [2.24, 2.45) is 0 Å². The summed E-state index contributed by atoms with van der Waals surface area (Å²) >= 11 is 13.6. The minimum atomic E-state index is -0.320. The second kappa shape index (κ2) is 6.27. The van der Waals surface area contributed by atoms with Crippen LogP contribution in [0.5, 0.6) is 0 Å². The van der Waals surface area contributed by atoms with Gasteiger partial charge in [0.25, 0.3) is 0 Å².